The number of carbonyl (C=O) groups is 1. The van der Waals surface area contributed by atoms with E-state index in [1.807, 2.05) is 13.0 Å². The Morgan fingerprint density at radius 2 is 2.20 bits per heavy atom. The van der Waals surface area contributed by atoms with E-state index in [0.29, 0.717) is 5.69 Å². The maximum atomic E-state index is 10.6. The van der Waals surface area contributed by atoms with Gasteiger partial charge in [0.2, 0.25) is 5.76 Å². The van der Waals surface area contributed by atoms with Crippen molar-refractivity contribution in [3.8, 4) is 11.3 Å². The summed E-state index contributed by atoms with van der Waals surface area (Å²) < 4.78 is 4.64. The quantitative estimate of drug-likeness (QED) is 0.806. The first-order valence-corrected chi connectivity index (χ1v) is 4.29. The lowest BCUT2D eigenvalue weighted by molar-refractivity contribution is 0.0652. The molecule has 5 nitrogen and oxygen atoms in total. The summed E-state index contributed by atoms with van der Waals surface area (Å²) in [5.74, 6) is -1.30. The van der Waals surface area contributed by atoms with Crippen LogP contribution < -0.4 is 0 Å². The van der Waals surface area contributed by atoms with Crippen molar-refractivity contribution >= 4 is 5.97 Å². The van der Waals surface area contributed by atoms with Gasteiger partial charge in [-0.3, -0.25) is 4.98 Å². The van der Waals surface area contributed by atoms with Crippen molar-refractivity contribution in [1.29, 1.82) is 0 Å². The van der Waals surface area contributed by atoms with E-state index in [-0.39, 0.29) is 5.76 Å². The maximum Gasteiger partial charge on any atom is 0.374 e. The number of hydrogen-bond acceptors (Lipinski definition) is 4. The van der Waals surface area contributed by atoms with E-state index in [1.165, 1.54) is 6.07 Å². The highest BCUT2D eigenvalue weighted by atomic mass is 16.5. The number of carboxylic acids is 1. The molecule has 2 heterocycles. The zero-order chi connectivity index (χ0) is 10.8. The summed E-state index contributed by atoms with van der Waals surface area (Å²) in [6.07, 6.45) is 3.32. The van der Waals surface area contributed by atoms with Crippen LogP contribution in [0.3, 0.4) is 0 Å². The molecule has 0 amide bonds. The van der Waals surface area contributed by atoms with Crippen LogP contribution >= 0.6 is 0 Å². The molecule has 5 heteroatoms. The van der Waals surface area contributed by atoms with Gasteiger partial charge in [-0.1, -0.05) is 5.16 Å². The summed E-state index contributed by atoms with van der Waals surface area (Å²) in [6.45, 7) is 1.90. The van der Waals surface area contributed by atoms with Crippen LogP contribution in [0.2, 0.25) is 0 Å². The first kappa shape index (κ1) is 9.39. The maximum absolute atomic E-state index is 10.6. The summed E-state index contributed by atoms with van der Waals surface area (Å²) in [5, 5.41) is 12.3. The Bertz CT molecular complexity index is 505. The highest BCUT2D eigenvalue weighted by Gasteiger charge is 2.12. The molecule has 1 N–H and O–H groups in total. The van der Waals surface area contributed by atoms with Crippen LogP contribution in [0.4, 0.5) is 0 Å². The van der Waals surface area contributed by atoms with Crippen molar-refractivity contribution in [2.45, 2.75) is 6.92 Å². The van der Waals surface area contributed by atoms with Crippen LogP contribution in [-0.2, 0) is 0 Å². The van der Waals surface area contributed by atoms with Crippen molar-refractivity contribution in [2.75, 3.05) is 0 Å². The number of pyridine rings is 1. The van der Waals surface area contributed by atoms with E-state index in [4.69, 9.17) is 5.11 Å². The minimum Gasteiger partial charge on any atom is -0.475 e. The molecule has 2 rings (SSSR count). The van der Waals surface area contributed by atoms with Crippen molar-refractivity contribution in [3.63, 3.8) is 0 Å². The third kappa shape index (κ3) is 1.85. The number of hydrogen-bond donors (Lipinski definition) is 1. The van der Waals surface area contributed by atoms with Gasteiger partial charge in [0.15, 0.2) is 0 Å². The van der Waals surface area contributed by atoms with Crippen molar-refractivity contribution in [2.24, 2.45) is 0 Å². The Balaban J connectivity index is 2.41. The Morgan fingerprint density at radius 3 is 2.80 bits per heavy atom. The summed E-state index contributed by atoms with van der Waals surface area (Å²) in [4.78, 5) is 14.5. The van der Waals surface area contributed by atoms with Crippen molar-refractivity contribution < 1.29 is 14.4 Å². The molecule has 0 saturated carbocycles. The molecule has 76 valence electrons. The van der Waals surface area contributed by atoms with Gasteiger partial charge >= 0.3 is 5.97 Å². The van der Waals surface area contributed by atoms with Crippen LogP contribution in [-0.4, -0.2) is 21.2 Å². The molecule has 0 aliphatic rings. The minimum absolute atomic E-state index is 0.175. The molecule has 2 aromatic rings. The zero-order valence-corrected chi connectivity index (χ0v) is 7.97. The van der Waals surface area contributed by atoms with Crippen molar-refractivity contribution in [3.05, 3.63) is 35.9 Å². The normalized spacial score (nSPS) is 10.2. The third-order valence-corrected chi connectivity index (χ3v) is 1.89. The molecule has 2 aromatic heterocycles. The molecule has 0 radical (unpaired) electrons. The van der Waals surface area contributed by atoms with Crippen LogP contribution in [0.1, 0.15) is 16.1 Å². The Hall–Kier alpha value is -2.17. The average molecular weight is 204 g/mol. The van der Waals surface area contributed by atoms with Gasteiger partial charge in [-0.25, -0.2) is 4.79 Å². The van der Waals surface area contributed by atoms with Crippen molar-refractivity contribution in [1.82, 2.24) is 10.1 Å². The predicted molar refractivity (Wildman–Crippen MR) is 51.4 cm³/mol. The summed E-state index contributed by atoms with van der Waals surface area (Å²) in [6, 6.07) is 3.23. The fraction of sp³-hybridized carbons (Fsp3) is 0.100. The lowest BCUT2D eigenvalue weighted by Crippen LogP contribution is -1.91. The summed E-state index contributed by atoms with van der Waals surface area (Å²) in [7, 11) is 0. The molecule has 0 saturated heterocycles. The minimum atomic E-state index is -1.13. The van der Waals surface area contributed by atoms with Crippen LogP contribution in [0.15, 0.2) is 29.0 Å². The number of nitrogens with zero attached hydrogens (tertiary/aromatic N) is 2. The largest absolute Gasteiger partial charge is 0.475 e. The molecular weight excluding hydrogens is 196 g/mol. The fourth-order valence-corrected chi connectivity index (χ4v) is 1.21. The lowest BCUT2D eigenvalue weighted by atomic mass is 10.1. The third-order valence-electron chi connectivity index (χ3n) is 1.89. The lowest BCUT2D eigenvalue weighted by Gasteiger charge is -1.94. The predicted octanol–water partition coefficient (Wildman–Crippen LogP) is 1.74. The highest BCUT2D eigenvalue weighted by molar-refractivity contribution is 5.85. The van der Waals surface area contributed by atoms with Gasteiger partial charge in [0.05, 0.1) is 0 Å². The number of carboxylic acid groups (broad SMARTS) is 1. The van der Waals surface area contributed by atoms with E-state index >= 15 is 0 Å². The summed E-state index contributed by atoms with van der Waals surface area (Å²) >= 11 is 0. The molecule has 15 heavy (non-hydrogen) atoms. The molecule has 0 bridgehead atoms. The number of aryl methyl sites for hydroxylation is 1. The average Bonchev–Trinajstić information content (AvgIpc) is 2.66. The van der Waals surface area contributed by atoms with E-state index in [1.54, 1.807) is 12.4 Å². The molecule has 0 fully saturated rings. The van der Waals surface area contributed by atoms with Gasteiger partial charge in [0.25, 0.3) is 0 Å². The van der Waals surface area contributed by atoms with E-state index in [2.05, 4.69) is 14.7 Å². The number of aromatic nitrogens is 2. The topological polar surface area (TPSA) is 76.2 Å². The molecule has 0 spiro atoms. The van der Waals surface area contributed by atoms with E-state index < -0.39 is 5.97 Å². The van der Waals surface area contributed by atoms with Gasteiger partial charge in [-0.2, -0.15) is 0 Å². The second-order valence-corrected chi connectivity index (χ2v) is 3.13. The molecule has 0 unspecified atom stereocenters. The highest BCUT2D eigenvalue weighted by Crippen LogP contribution is 2.18. The first-order chi connectivity index (χ1) is 7.16. The number of aromatic carboxylic acids is 1. The van der Waals surface area contributed by atoms with E-state index in [0.717, 1.165) is 11.1 Å². The van der Waals surface area contributed by atoms with Gasteiger partial charge in [0, 0.05) is 24.0 Å². The molecule has 0 aliphatic carbocycles. The summed E-state index contributed by atoms with van der Waals surface area (Å²) in [5.41, 5.74) is 2.20. The van der Waals surface area contributed by atoms with Gasteiger partial charge in [-0.05, 0) is 18.6 Å². The van der Waals surface area contributed by atoms with Gasteiger partial charge < -0.3 is 9.63 Å². The van der Waals surface area contributed by atoms with Gasteiger partial charge in [-0.15, -0.1) is 0 Å². The fourth-order valence-electron chi connectivity index (χ4n) is 1.21. The van der Waals surface area contributed by atoms with Crippen LogP contribution in [0, 0.1) is 6.92 Å². The van der Waals surface area contributed by atoms with Crippen LogP contribution in [0.5, 0.6) is 0 Å². The van der Waals surface area contributed by atoms with E-state index in [9.17, 15) is 4.79 Å². The standard InChI is InChI=1S/C10H8N2O3/c1-6-2-7(5-11-4-6)8-3-9(10(13)14)15-12-8/h2-5H,1H3,(H,13,14). The Kier molecular flexibility index (Phi) is 2.21. The molecule has 0 atom stereocenters. The molecule has 0 aromatic carbocycles. The van der Waals surface area contributed by atoms with Gasteiger partial charge in [0.1, 0.15) is 5.69 Å². The second-order valence-electron chi connectivity index (χ2n) is 3.13. The number of rotatable bonds is 2. The Morgan fingerprint density at radius 1 is 1.40 bits per heavy atom. The zero-order valence-electron chi connectivity index (χ0n) is 7.97. The smallest absolute Gasteiger partial charge is 0.374 e. The SMILES string of the molecule is Cc1cncc(-c2cc(C(=O)O)on2)c1. The monoisotopic (exact) mass is 204 g/mol. The Labute approximate surface area is 85.4 Å². The second kappa shape index (κ2) is 3.53. The van der Waals surface area contributed by atoms with Crippen LogP contribution in [0.25, 0.3) is 11.3 Å². The first-order valence-electron chi connectivity index (χ1n) is 4.29. The molecule has 0 aliphatic heterocycles. The molecular formula is C10H8N2O3.